The summed E-state index contributed by atoms with van der Waals surface area (Å²) in [5, 5.41) is 7.61. The Morgan fingerprint density at radius 3 is 2.52 bits per heavy atom. The van der Waals surface area contributed by atoms with Gasteiger partial charge in [-0.1, -0.05) is 12.1 Å². The Balaban J connectivity index is 1.35. The minimum absolute atomic E-state index is 0.120. The van der Waals surface area contributed by atoms with Crippen molar-refractivity contribution >= 4 is 5.91 Å². The normalized spacial score (nSPS) is 22.7. The fourth-order valence-electron chi connectivity index (χ4n) is 4.46. The van der Waals surface area contributed by atoms with Gasteiger partial charge in [0, 0.05) is 18.8 Å². The smallest absolute Gasteiger partial charge is 0.417 e. The van der Waals surface area contributed by atoms with E-state index in [0.717, 1.165) is 25.1 Å². The van der Waals surface area contributed by atoms with Crippen molar-refractivity contribution in [1.29, 1.82) is 0 Å². The molecule has 160 valence electrons. The highest BCUT2D eigenvalue weighted by molar-refractivity contribution is 5.98. The second-order valence-electron chi connectivity index (χ2n) is 7.79. The molecular formula is C21H18F3N5O2. The van der Waals surface area contributed by atoms with E-state index in [4.69, 9.17) is 4.74 Å². The van der Waals surface area contributed by atoms with Crippen molar-refractivity contribution in [3.8, 4) is 11.6 Å². The summed E-state index contributed by atoms with van der Waals surface area (Å²) in [6.45, 7) is 0.625. The summed E-state index contributed by atoms with van der Waals surface area (Å²) in [7, 11) is 0. The van der Waals surface area contributed by atoms with Crippen molar-refractivity contribution in [1.82, 2.24) is 24.6 Å². The number of pyridine rings is 1. The Bertz CT molecular complexity index is 1090. The first-order valence-corrected chi connectivity index (χ1v) is 9.85. The number of aromatic nitrogens is 4. The highest BCUT2D eigenvalue weighted by atomic mass is 19.4. The van der Waals surface area contributed by atoms with Gasteiger partial charge in [-0.05, 0) is 37.0 Å². The molecule has 10 heteroatoms. The van der Waals surface area contributed by atoms with Crippen LogP contribution in [-0.2, 0) is 6.18 Å². The predicted molar refractivity (Wildman–Crippen MR) is 103 cm³/mol. The number of para-hydroxylation sites is 1. The number of ether oxygens (including phenoxy) is 1. The molecule has 1 aromatic carbocycles. The molecule has 5 rings (SSSR count). The molecule has 7 nitrogen and oxygen atoms in total. The van der Waals surface area contributed by atoms with E-state index in [1.807, 2.05) is 12.1 Å². The van der Waals surface area contributed by atoms with Crippen LogP contribution >= 0.6 is 0 Å². The molecular weight excluding hydrogens is 411 g/mol. The number of nitrogens with zero attached hydrogens (tertiary/aromatic N) is 5. The average molecular weight is 429 g/mol. The zero-order chi connectivity index (χ0) is 21.6. The lowest BCUT2D eigenvalue weighted by molar-refractivity contribution is -0.137. The first-order valence-electron chi connectivity index (χ1n) is 9.85. The number of fused-ring (bicyclic) bond motifs is 2. The van der Waals surface area contributed by atoms with E-state index in [1.54, 1.807) is 21.6 Å². The minimum Gasteiger partial charge on any atom is -0.472 e. The summed E-state index contributed by atoms with van der Waals surface area (Å²) < 4.78 is 45.8. The molecule has 0 spiro atoms. The highest BCUT2D eigenvalue weighted by Crippen LogP contribution is 2.41. The monoisotopic (exact) mass is 429 g/mol. The quantitative estimate of drug-likeness (QED) is 0.636. The van der Waals surface area contributed by atoms with Crippen LogP contribution in [0.15, 0.2) is 55.2 Å². The van der Waals surface area contributed by atoms with Gasteiger partial charge in [0.2, 0.25) is 5.88 Å². The molecule has 1 aliphatic carbocycles. The second kappa shape index (κ2) is 7.36. The van der Waals surface area contributed by atoms with Crippen LogP contribution in [-0.4, -0.2) is 49.2 Å². The first-order chi connectivity index (χ1) is 14.9. The lowest BCUT2D eigenvalue weighted by atomic mass is 10.1. The zero-order valence-electron chi connectivity index (χ0n) is 16.2. The Kier molecular flexibility index (Phi) is 4.64. The van der Waals surface area contributed by atoms with Crippen LogP contribution in [0.1, 0.15) is 28.8 Å². The van der Waals surface area contributed by atoms with E-state index in [2.05, 4.69) is 15.2 Å². The number of likely N-dealkylation sites (tertiary alicyclic amines) is 1. The van der Waals surface area contributed by atoms with Crippen molar-refractivity contribution in [2.75, 3.05) is 6.54 Å². The van der Waals surface area contributed by atoms with Crippen LogP contribution < -0.4 is 4.74 Å². The fourth-order valence-corrected chi connectivity index (χ4v) is 4.46. The summed E-state index contributed by atoms with van der Waals surface area (Å²) in [5.74, 6) is 0.295. The molecule has 2 aromatic heterocycles. The number of carbonyl (C=O) groups is 1. The topological polar surface area (TPSA) is 73.1 Å². The molecule has 1 unspecified atom stereocenters. The number of piperidine rings is 1. The van der Waals surface area contributed by atoms with Gasteiger partial charge >= 0.3 is 6.18 Å². The molecule has 1 saturated heterocycles. The summed E-state index contributed by atoms with van der Waals surface area (Å²) in [4.78, 5) is 19.0. The van der Waals surface area contributed by atoms with Gasteiger partial charge in [0.1, 0.15) is 18.8 Å². The first kappa shape index (κ1) is 19.5. The highest BCUT2D eigenvalue weighted by Gasteiger charge is 2.48. The van der Waals surface area contributed by atoms with E-state index in [-0.39, 0.29) is 29.9 Å². The van der Waals surface area contributed by atoms with Gasteiger partial charge in [0.05, 0.1) is 22.9 Å². The van der Waals surface area contributed by atoms with Gasteiger partial charge < -0.3 is 9.64 Å². The maximum Gasteiger partial charge on any atom is 0.417 e. The largest absolute Gasteiger partial charge is 0.472 e. The third kappa shape index (κ3) is 3.62. The summed E-state index contributed by atoms with van der Waals surface area (Å²) >= 11 is 0. The number of hydrogen-bond donors (Lipinski definition) is 0. The predicted octanol–water partition coefficient (Wildman–Crippen LogP) is 3.36. The molecule has 2 bridgehead atoms. The standard InChI is InChI=1S/C21H18F3N5O2/c22-21(23,24)14-5-6-19(25-9-14)31-18-8-13-7-17(18)29(10-13)20(30)15-3-1-2-4-16(15)28-11-26-27-12-28/h1-6,9,11-13,17-18H,7-8,10H2/t13?,17-,18+/m0/s1. The van der Waals surface area contributed by atoms with Crippen LogP contribution in [0.2, 0.25) is 0 Å². The third-order valence-electron chi connectivity index (χ3n) is 5.85. The van der Waals surface area contributed by atoms with E-state index < -0.39 is 11.7 Å². The molecule has 3 heterocycles. The van der Waals surface area contributed by atoms with Crippen LogP contribution in [0, 0.1) is 5.92 Å². The van der Waals surface area contributed by atoms with Crippen molar-refractivity contribution in [3.63, 3.8) is 0 Å². The Morgan fingerprint density at radius 2 is 1.84 bits per heavy atom. The third-order valence-corrected chi connectivity index (χ3v) is 5.85. The van der Waals surface area contributed by atoms with E-state index in [9.17, 15) is 18.0 Å². The maximum atomic E-state index is 13.4. The molecule has 3 atom stereocenters. The molecule has 2 fully saturated rings. The van der Waals surface area contributed by atoms with Crippen LogP contribution in [0.5, 0.6) is 5.88 Å². The Hall–Kier alpha value is -3.43. The zero-order valence-corrected chi connectivity index (χ0v) is 16.2. The molecule has 1 saturated carbocycles. The van der Waals surface area contributed by atoms with Gasteiger partial charge in [-0.3, -0.25) is 9.36 Å². The number of halogens is 3. The van der Waals surface area contributed by atoms with E-state index in [0.29, 0.717) is 17.8 Å². The van der Waals surface area contributed by atoms with Gasteiger partial charge in [0.25, 0.3) is 5.91 Å². The van der Waals surface area contributed by atoms with Gasteiger partial charge in [-0.2, -0.15) is 13.2 Å². The average Bonchev–Trinajstić information content (AvgIpc) is 3.50. The van der Waals surface area contributed by atoms with Crippen LogP contribution in [0.3, 0.4) is 0 Å². The van der Waals surface area contributed by atoms with Gasteiger partial charge in [0.15, 0.2) is 0 Å². The van der Waals surface area contributed by atoms with E-state index in [1.165, 1.54) is 18.7 Å². The van der Waals surface area contributed by atoms with Crippen molar-refractivity contribution < 1.29 is 22.7 Å². The lowest BCUT2D eigenvalue weighted by Crippen LogP contribution is -2.47. The summed E-state index contributed by atoms with van der Waals surface area (Å²) in [6, 6.07) is 9.24. The van der Waals surface area contributed by atoms with Crippen molar-refractivity contribution in [2.45, 2.75) is 31.2 Å². The number of rotatable bonds is 4. The molecule has 31 heavy (non-hydrogen) atoms. The molecule has 3 aromatic rings. The number of alkyl halides is 3. The number of carbonyl (C=O) groups excluding carboxylic acids is 1. The molecule has 1 aliphatic heterocycles. The molecule has 0 N–H and O–H groups in total. The molecule has 1 amide bonds. The van der Waals surface area contributed by atoms with E-state index >= 15 is 0 Å². The molecule has 2 aliphatic rings. The van der Waals surface area contributed by atoms with Crippen LogP contribution in [0.25, 0.3) is 5.69 Å². The van der Waals surface area contributed by atoms with Gasteiger partial charge in [-0.25, -0.2) is 4.98 Å². The van der Waals surface area contributed by atoms with Crippen LogP contribution in [0.4, 0.5) is 13.2 Å². The Morgan fingerprint density at radius 1 is 1.06 bits per heavy atom. The minimum atomic E-state index is -4.45. The number of amides is 1. The molecule has 0 radical (unpaired) electrons. The number of hydrogen-bond acceptors (Lipinski definition) is 5. The van der Waals surface area contributed by atoms with Gasteiger partial charge in [-0.15, -0.1) is 10.2 Å². The van der Waals surface area contributed by atoms with Crippen molar-refractivity contribution in [2.24, 2.45) is 5.92 Å². The lowest BCUT2D eigenvalue weighted by Gasteiger charge is -2.33. The maximum absolute atomic E-state index is 13.4. The summed E-state index contributed by atoms with van der Waals surface area (Å²) in [5.41, 5.74) is 0.388. The summed E-state index contributed by atoms with van der Waals surface area (Å²) in [6.07, 6.45) is 0.611. The number of benzene rings is 1. The van der Waals surface area contributed by atoms with Crippen molar-refractivity contribution in [3.05, 3.63) is 66.4 Å². The fraction of sp³-hybridized carbons (Fsp3) is 0.333. The SMILES string of the molecule is O=C(c1ccccc1-n1cnnc1)N1CC2C[C@@H](Oc3ccc(C(F)(F)F)cn3)[C@@H]1C2. The Labute approximate surface area is 175 Å². The second-order valence-corrected chi connectivity index (χ2v) is 7.79.